The van der Waals surface area contributed by atoms with Gasteiger partial charge >= 0.3 is 12.1 Å². The molecule has 0 spiro atoms. The molecule has 0 aromatic carbocycles. The molecule has 2 N–H and O–H groups in total. The van der Waals surface area contributed by atoms with Crippen LogP contribution in [0.25, 0.3) is 0 Å². The highest BCUT2D eigenvalue weighted by Gasteiger charge is 2.53. The van der Waals surface area contributed by atoms with E-state index in [1.165, 1.54) is 0 Å². The summed E-state index contributed by atoms with van der Waals surface area (Å²) in [7, 11) is 0. The third kappa shape index (κ3) is 2.90. The first-order chi connectivity index (χ1) is 9.81. The first-order valence-electron chi connectivity index (χ1n) is 6.92. The lowest BCUT2D eigenvalue weighted by Gasteiger charge is -2.31. The summed E-state index contributed by atoms with van der Waals surface area (Å²) in [6.45, 7) is -0.0837. The molecule has 0 radical (unpaired) electrons. The standard InChI is InChI=1S/C13H16F3N3O2/c14-13(15,16)9-5-17-19(6-9)7-12(11(20)21,8-1-2-8)18-10-3-4-10/h5-6,8,10,18H,1-4,7H2,(H,20,21). The van der Waals surface area contributed by atoms with Crippen molar-refractivity contribution in [2.24, 2.45) is 5.92 Å². The Labute approximate surface area is 119 Å². The highest BCUT2D eigenvalue weighted by Crippen LogP contribution is 2.43. The molecule has 1 atom stereocenters. The number of halogens is 3. The Bertz CT molecular complexity index is 549. The molecule has 8 heteroatoms. The van der Waals surface area contributed by atoms with Crippen LogP contribution in [-0.4, -0.2) is 32.4 Å². The Morgan fingerprint density at radius 3 is 2.48 bits per heavy atom. The van der Waals surface area contributed by atoms with Crippen molar-refractivity contribution in [2.45, 2.75) is 50.0 Å². The fraction of sp³-hybridized carbons (Fsp3) is 0.692. The molecule has 2 aliphatic carbocycles. The van der Waals surface area contributed by atoms with E-state index in [2.05, 4.69) is 10.4 Å². The van der Waals surface area contributed by atoms with Crippen molar-refractivity contribution in [3.8, 4) is 0 Å². The average molecular weight is 303 g/mol. The van der Waals surface area contributed by atoms with E-state index in [0.29, 0.717) is 0 Å². The minimum absolute atomic E-state index is 0.0471. The lowest BCUT2D eigenvalue weighted by Crippen LogP contribution is -2.58. The molecule has 0 bridgehead atoms. The van der Waals surface area contributed by atoms with Gasteiger partial charge in [0.1, 0.15) is 5.54 Å². The van der Waals surface area contributed by atoms with Crippen LogP contribution in [0, 0.1) is 5.92 Å². The van der Waals surface area contributed by atoms with Gasteiger partial charge in [-0.15, -0.1) is 0 Å². The second kappa shape index (κ2) is 4.72. The molecule has 0 saturated heterocycles. The summed E-state index contributed by atoms with van der Waals surface area (Å²) in [5, 5.41) is 16.4. The van der Waals surface area contributed by atoms with Crippen molar-refractivity contribution >= 4 is 5.97 Å². The van der Waals surface area contributed by atoms with E-state index in [9.17, 15) is 23.1 Å². The van der Waals surface area contributed by atoms with Gasteiger partial charge in [-0.1, -0.05) is 0 Å². The number of carbonyl (C=O) groups is 1. The number of alkyl halides is 3. The Morgan fingerprint density at radius 1 is 1.38 bits per heavy atom. The van der Waals surface area contributed by atoms with Crippen molar-refractivity contribution in [1.82, 2.24) is 15.1 Å². The zero-order chi connectivity index (χ0) is 15.3. The summed E-state index contributed by atoms with van der Waals surface area (Å²) in [6, 6.07) is 0.152. The number of hydrogen-bond donors (Lipinski definition) is 2. The minimum atomic E-state index is -4.46. The van der Waals surface area contributed by atoms with Gasteiger partial charge in [0.25, 0.3) is 0 Å². The van der Waals surface area contributed by atoms with Gasteiger partial charge in [0.15, 0.2) is 0 Å². The molecule has 116 valence electrons. The number of carboxylic acid groups (broad SMARTS) is 1. The van der Waals surface area contributed by atoms with Gasteiger partial charge in [-0.25, -0.2) is 0 Å². The first-order valence-corrected chi connectivity index (χ1v) is 6.92. The number of nitrogens with zero attached hydrogens (tertiary/aromatic N) is 2. The fourth-order valence-corrected chi connectivity index (χ4v) is 2.62. The highest BCUT2D eigenvalue weighted by molar-refractivity contribution is 5.80. The zero-order valence-corrected chi connectivity index (χ0v) is 11.2. The molecule has 0 aliphatic heterocycles. The fourth-order valence-electron chi connectivity index (χ4n) is 2.62. The summed E-state index contributed by atoms with van der Waals surface area (Å²) in [5.74, 6) is -1.06. The maximum Gasteiger partial charge on any atom is 0.419 e. The quantitative estimate of drug-likeness (QED) is 0.842. The second-order valence-corrected chi connectivity index (χ2v) is 5.89. The molecule has 2 aliphatic rings. The predicted molar refractivity (Wildman–Crippen MR) is 66.5 cm³/mol. The van der Waals surface area contributed by atoms with Gasteiger partial charge in [0.2, 0.25) is 0 Å². The van der Waals surface area contributed by atoms with Crippen LogP contribution < -0.4 is 5.32 Å². The van der Waals surface area contributed by atoms with Gasteiger partial charge in [-0.3, -0.25) is 14.8 Å². The Balaban J connectivity index is 1.83. The molecular formula is C13H16F3N3O2. The van der Waals surface area contributed by atoms with Gasteiger partial charge in [0.05, 0.1) is 18.3 Å². The van der Waals surface area contributed by atoms with E-state index in [-0.39, 0.29) is 18.5 Å². The number of nitrogens with one attached hydrogen (secondary N) is 1. The molecule has 5 nitrogen and oxygen atoms in total. The van der Waals surface area contributed by atoms with Crippen LogP contribution >= 0.6 is 0 Å². The van der Waals surface area contributed by atoms with Crippen LogP contribution in [0.3, 0.4) is 0 Å². The maximum absolute atomic E-state index is 12.6. The SMILES string of the molecule is O=C(O)C(Cn1cc(C(F)(F)F)cn1)(NC1CC1)C1CC1. The van der Waals surface area contributed by atoms with E-state index in [1.807, 2.05) is 0 Å². The Kier molecular flexibility index (Phi) is 3.23. The molecule has 2 fully saturated rings. The van der Waals surface area contributed by atoms with Crippen molar-refractivity contribution < 1.29 is 23.1 Å². The van der Waals surface area contributed by atoms with Crippen molar-refractivity contribution in [3.63, 3.8) is 0 Å². The topological polar surface area (TPSA) is 67.1 Å². The lowest BCUT2D eigenvalue weighted by atomic mass is 9.92. The monoisotopic (exact) mass is 303 g/mol. The largest absolute Gasteiger partial charge is 0.480 e. The second-order valence-electron chi connectivity index (χ2n) is 5.89. The van der Waals surface area contributed by atoms with Crippen LogP contribution in [0.4, 0.5) is 13.2 Å². The Morgan fingerprint density at radius 2 is 2.05 bits per heavy atom. The third-order valence-electron chi connectivity index (χ3n) is 4.07. The number of carboxylic acids is 1. The molecule has 1 aromatic rings. The molecule has 21 heavy (non-hydrogen) atoms. The van der Waals surface area contributed by atoms with Crippen molar-refractivity contribution in [2.75, 3.05) is 0 Å². The lowest BCUT2D eigenvalue weighted by molar-refractivity contribution is -0.147. The summed E-state index contributed by atoms with van der Waals surface area (Å²) in [6.07, 6.45) is 0.515. The summed E-state index contributed by atoms with van der Waals surface area (Å²) < 4.78 is 38.9. The molecular weight excluding hydrogens is 287 g/mol. The number of aliphatic carboxylic acids is 1. The van der Waals surface area contributed by atoms with Gasteiger partial charge in [-0.05, 0) is 31.6 Å². The van der Waals surface area contributed by atoms with E-state index >= 15 is 0 Å². The number of hydrogen-bond acceptors (Lipinski definition) is 3. The van der Waals surface area contributed by atoms with Crippen LogP contribution in [0.15, 0.2) is 12.4 Å². The first kappa shape index (κ1) is 14.4. The van der Waals surface area contributed by atoms with Crippen LogP contribution in [0.5, 0.6) is 0 Å². The smallest absolute Gasteiger partial charge is 0.419 e. The summed E-state index contributed by atoms with van der Waals surface area (Å²) >= 11 is 0. The molecule has 1 aromatic heterocycles. The zero-order valence-electron chi connectivity index (χ0n) is 11.2. The Hall–Kier alpha value is -1.57. The summed E-state index contributed by atoms with van der Waals surface area (Å²) in [4.78, 5) is 11.7. The van der Waals surface area contributed by atoms with Crippen LogP contribution in [-0.2, 0) is 17.5 Å². The van der Waals surface area contributed by atoms with E-state index in [1.54, 1.807) is 0 Å². The average Bonchev–Trinajstić information content (AvgIpc) is 3.27. The van der Waals surface area contributed by atoms with Crippen LogP contribution in [0.1, 0.15) is 31.2 Å². The van der Waals surface area contributed by atoms with Crippen molar-refractivity contribution in [3.05, 3.63) is 18.0 Å². The maximum atomic E-state index is 12.6. The molecule has 3 rings (SSSR count). The predicted octanol–water partition coefficient (Wildman–Crippen LogP) is 1.89. The van der Waals surface area contributed by atoms with E-state index in [4.69, 9.17) is 0 Å². The van der Waals surface area contributed by atoms with Gasteiger partial charge in [-0.2, -0.15) is 18.3 Å². The van der Waals surface area contributed by atoms with E-state index in [0.717, 1.165) is 42.8 Å². The van der Waals surface area contributed by atoms with E-state index < -0.39 is 23.2 Å². The minimum Gasteiger partial charge on any atom is -0.480 e. The summed E-state index contributed by atoms with van der Waals surface area (Å²) in [5.41, 5.74) is -2.07. The number of rotatable bonds is 6. The van der Waals surface area contributed by atoms with Gasteiger partial charge < -0.3 is 5.11 Å². The number of aromatic nitrogens is 2. The van der Waals surface area contributed by atoms with Crippen molar-refractivity contribution in [1.29, 1.82) is 0 Å². The normalized spacial score (nSPS) is 22.0. The van der Waals surface area contributed by atoms with Crippen LogP contribution in [0.2, 0.25) is 0 Å². The molecule has 2 saturated carbocycles. The molecule has 1 heterocycles. The third-order valence-corrected chi connectivity index (χ3v) is 4.07. The highest BCUT2D eigenvalue weighted by atomic mass is 19.4. The molecule has 0 amide bonds. The van der Waals surface area contributed by atoms with Gasteiger partial charge in [0, 0.05) is 12.2 Å². The molecule has 1 unspecified atom stereocenters.